The van der Waals surface area contributed by atoms with Gasteiger partial charge in [0.1, 0.15) is 5.75 Å². The van der Waals surface area contributed by atoms with Crippen LogP contribution in [0.25, 0.3) is 0 Å². The van der Waals surface area contributed by atoms with Crippen LogP contribution in [0.3, 0.4) is 0 Å². The third-order valence-corrected chi connectivity index (χ3v) is 4.38. The fourth-order valence-corrected chi connectivity index (χ4v) is 3.01. The van der Waals surface area contributed by atoms with Crippen LogP contribution in [-0.2, 0) is 4.79 Å². The molecule has 0 spiro atoms. The molecule has 1 saturated heterocycles. The Balaban J connectivity index is 1.80. The van der Waals surface area contributed by atoms with Gasteiger partial charge < -0.3 is 15.4 Å². The summed E-state index contributed by atoms with van der Waals surface area (Å²) in [6.07, 6.45) is 1.41. The van der Waals surface area contributed by atoms with Gasteiger partial charge in [-0.15, -0.1) is 0 Å². The van der Waals surface area contributed by atoms with Gasteiger partial charge in [-0.1, -0.05) is 12.1 Å². The first-order chi connectivity index (χ1) is 9.61. The number of carbonyl (C=O) groups is 1. The van der Waals surface area contributed by atoms with E-state index in [0.717, 1.165) is 23.2 Å². The zero-order valence-electron chi connectivity index (χ0n) is 11.7. The number of nitrogens with two attached hydrogens (primary N) is 1. The largest absolute Gasteiger partial charge is 0.492 e. The van der Waals surface area contributed by atoms with Gasteiger partial charge in [0, 0.05) is 12.6 Å². The lowest BCUT2D eigenvalue weighted by molar-refractivity contribution is -0.132. The Morgan fingerprint density at radius 1 is 1.50 bits per heavy atom. The molecule has 1 fully saturated rings. The highest BCUT2D eigenvalue weighted by atomic mass is 79.9. The van der Waals surface area contributed by atoms with E-state index in [1.54, 1.807) is 0 Å². The van der Waals surface area contributed by atoms with E-state index < -0.39 is 0 Å². The number of hydrogen-bond donors (Lipinski definition) is 1. The first-order valence-electron chi connectivity index (χ1n) is 6.98. The zero-order valence-corrected chi connectivity index (χ0v) is 13.3. The van der Waals surface area contributed by atoms with Crippen LogP contribution in [-0.4, -0.2) is 36.5 Å². The predicted molar refractivity (Wildman–Crippen MR) is 82.6 cm³/mol. The summed E-state index contributed by atoms with van der Waals surface area (Å²) >= 11 is 3.42. The molecule has 1 amide bonds. The van der Waals surface area contributed by atoms with Crippen molar-refractivity contribution in [3.05, 3.63) is 28.7 Å². The Morgan fingerprint density at radius 2 is 2.25 bits per heavy atom. The third-order valence-electron chi connectivity index (χ3n) is 3.73. The summed E-state index contributed by atoms with van der Waals surface area (Å²) in [6, 6.07) is 7.94. The van der Waals surface area contributed by atoms with Crippen molar-refractivity contribution in [3.63, 3.8) is 0 Å². The van der Waals surface area contributed by atoms with E-state index in [9.17, 15) is 4.79 Å². The fourth-order valence-electron chi connectivity index (χ4n) is 2.61. The molecule has 0 bridgehead atoms. The Morgan fingerprint density at radius 3 is 2.90 bits per heavy atom. The second-order valence-corrected chi connectivity index (χ2v) is 6.12. The van der Waals surface area contributed by atoms with Gasteiger partial charge >= 0.3 is 0 Å². The highest BCUT2D eigenvalue weighted by molar-refractivity contribution is 9.10. The summed E-state index contributed by atoms with van der Waals surface area (Å²) in [6.45, 7) is 3.92. The first-order valence-corrected chi connectivity index (χ1v) is 7.78. The molecule has 0 aromatic heterocycles. The molecule has 2 rings (SSSR count). The van der Waals surface area contributed by atoms with Crippen molar-refractivity contribution in [1.82, 2.24) is 4.90 Å². The van der Waals surface area contributed by atoms with Crippen molar-refractivity contribution in [2.24, 2.45) is 11.7 Å². The average Bonchev–Trinajstić information content (AvgIpc) is 2.82. The van der Waals surface area contributed by atoms with Gasteiger partial charge in [-0.3, -0.25) is 4.79 Å². The van der Waals surface area contributed by atoms with E-state index in [1.165, 1.54) is 0 Å². The van der Waals surface area contributed by atoms with Gasteiger partial charge in [0.2, 0.25) is 5.91 Å². The van der Waals surface area contributed by atoms with Crippen molar-refractivity contribution in [2.45, 2.75) is 25.8 Å². The molecule has 1 aromatic rings. The van der Waals surface area contributed by atoms with Crippen molar-refractivity contribution < 1.29 is 9.53 Å². The van der Waals surface area contributed by atoms with Crippen LogP contribution in [0.2, 0.25) is 0 Å². The van der Waals surface area contributed by atoms with Crippen molar-refractivity contribution >= 4 is 21.8 Å². The molecule has 1 aliphatic rings. The lowest BCUT2D eigenvalue weighted by Crippen LogP contribution is -2.35. The van der Waals surface area contributed by atoms with Crippen molar-refractivity contribution in [1.29, 1.82) is 0 Å². The molecule has 20 heavy (non-hydrogen) atoms. The Kier molecular flexibility index (Phi) is 5.43. The van der Waals surface area contributed by atoms with Gasteiger partial charge in [-0.2, -0.15) is 0 Å². The summed E-state index contributed by atoms with van der Waals surface area (Å²) in [5, 5.41) is 0. The molecule has 0 saturated carbocycles. The minimum atomic E-state index is 0.153. The van der Waals surface area contributed by atoms with Gasteiger partial charge in [0.15, 0.2) is 0 Å². The van der Waals surface area contributed by atoms with Crippen molar-refractivity contribution in [3.8, 4) is 5.75 Å². The highest BCUT2D eigenvalue weighted by Gasteiger charge is 2.31. The van der Waals surface area contributed by atoms with Crippen LogP contribution in [0.4, 0.5) is 0 Å². The van der Waals surface area contributed by atoms with E-state index in [2.05, 4.69) is 22.9 Å². The third kappa shape index (κ3) is 3.73. The molecule has 1 aromatic carbocycles. The number of carbonyl (C=O) groups excluding carboxylic acids is 1. The van der Waals surface area contributed by atoms with Crippen LogP contribution in [0, 0.1) is 5.92 Å². The summed E-state index contributed by atoms with van der Waals surface area (Å²) in [4.78, 5) is 14.1. The normalized spacial score (nSPS) is 22.1. The Hall–Kier alpha value is -1.07. The molecule has 2 unspecified atom stereocenters. The standard InChI is InChI=1S/C15H21BrN2O2/c1-11-8-12(9-17)10-18(11)15(19)6-7-20-14-5-3-2-4-13(14)16/h2-5,11-12H,6-10,17H2,1H3. The molecule has 5 heteroatoms. The quantitative estimate of drug-likeness (QED) is 0.895. The van der Waals surface area contributed by atoms with E-state index >= 15 is 0 Å². The van der Waals surface area contributed by atoms with Gasteiger partial charge in [0.05, 0.1) is 17.5 Å². The molecule has 1 aliphatic heterocycles. The lowest BCUT2D eigenvalue weighted by atomic mass is 10.1. The Bertz CT molecular complexity index is 467. The van der Waals surface area contributed by atoms with Crippen LogP contribution in [0.1, 0.15) is 19.8 Å². The van der Waals surface area contributed by atoms with Gasteiger partial charge in [-0.25, -0.2) is 0 Å². The molecule has 2 atom stereocenters. The monoisotopic (exact) mass is 340 g/mol. The lowest BCUT2D eigenvalue weighted by Gasteiger charge is -2.21. The minimum Gasteiger partial charge on any atom is -0.492 e. The number of likely N-dealkylation sites (tertiary alicyclic amines) is 1. The number of amides is 1. The Labute approximate surface area is 128 Å². The maximum absolute atomic E-state index is 12.2. The number of halogens is 1. The second kappa shape index (κ2) is 7.09. The molecule has 2 N–H and O–H groups in total. The summed E-state index contributed by atoms with van der Waals surface area (Å²) in [5.74, 6) is 1.37. The van der Waals surface area contributed by atoms with E-state index in [-0.39, 0.29) is 5.91 Å². The number of hydrogen-bond acceptors (Lipinski definition) is 3. The van der Waals surface area contributed by atoms with Gasteiger partial charge in [-0.05, 0) is 53.9 Å². The maximum atomic E-state index is 12.2. The molecule has 0 radical (unpaired) electrons. The summed E-state index contributed by atoms with van der Waals surface area (Å²) < 4.78 is 6.54. The number of para-hydroxylation sites is 1. The zero-order chi connectivity index (χ0) is 14.5. The smallest absolute Gasteiger partial charge is 0.226 e. The highest BCUT2D eigenvalue weighted by Crippen LogP contribution is 2.25. The molecular weight excluding hydrogens is 320 g/mol. The topological polar surface area (TPSA) is 55.6 Å². The number of benzene rings is 1. The molecular formula is C15H21BrN2O2. The molecule has 110 valence electrons. The second-order valence-electron chi connectivity index (χ2n) is 5.26. The molecule has 4 nitrogen and oxygen atoms in total. The van der Waals surface area contributed by atoms with Gasteiger partial charge in [0.25, 0.3) is 0 Å². The summed E-state index contributed by atoms with van der Waals surface area (Å²) in [7, 11) is 0. The first kappa shape index (κ1) is 15.3. The van der Waals surface area contributed by atoms with Crippen LogP contribution in [0.15, 0.2) is 28.7 Å². The SMILES string of the molecule is CC1CC(CN)CN1C(=O)CCOc1ccccc1Br. The maximum Gasteiger partial charge on any atom is 0.226 e. The average molecular weight is 341 g/mol. The van der Waals surface area contributed by atoms with Crippen LogP contribution >= 0.6 is 15.9 Å². The fraction of sp³-hybridized carbons (Fsp3) is 0.533. The summed E-state index contributed by atoms with van der Waals surface area (Å²) in [5.41, 5.74) is 5.68. The van der Waals surface area contributed by atoms with E-state index in [1.807, 2.05) is 29.2 Å². The van der Waals surface area contributed by atoms with E-state index in [0.29, 0.717) is 31.5 Å². The van der Waals surface area contributed by atoms with E-state index in [4.69, 9.17) is 10.5 Å². The number of nitrogens with zero attached hydrogens (tertiary/aromatic N) is 1. The number of rotatable bonds is 5. The van der Waals surface area contributed by atoms with Crippen LogP contribution < -0.4 is 10.5 Å². The molecule has 0 aliphatic carbocycles. The van der Waals surface area contributed by atoms with Crippen molar-refractivity contribution in [2.75, 3.05) is 19.7 Å². The van der Waals surface area contributed by atoms with Crippen LogP contribution in [0.5, 0.6) is 5.75 Å². The number of ether oxygens (including phenoxy) is 1. The minimum absolute atomic E-state index is 0.153. The molecule has 1 heterocycles. The predicted octanol–water partition coefficient (Wildman–Crippen LogP) is 2.41.